The third-order valence-corrected chi connectivity index (χ3v) is 22.4. The topological polar surface area (TPSA) is 237 Å². The number of carbonyl (C=O) groups excluding carboxylic acids is 4. The van der Waals surface area contributed by atoms with Gasteiger partial charge in [-0.3, -0.25) is 37.3 Å². The Balaban J connectivity index is 5.25. The van der Waals surface area contributed by atoms with Crippen molar-refractivity contribution in [3.8, 4) is 0 Å². The van der Waals surface area contributed by atoms with Gasteiger partial charge in [0.1, 0.15) is 19.3 Å². The number of unbranched alkanes of at least 4 members (excludes halogenated alkanes) is 51. The molecule has 3 unspecified atom stereocenters. The van der Waals surface area contributed by atoms with E-state index in [4.69, 9.17) is 37.0 Å². The lowest BCUT2D eigenvalue weighted by atomic mass is 9.99. The van der Waals surface area contributed by atoms with Crippen LogP contribution in [0.3, 0.4) is 0 Å². The van der Waals surface area contributed by atoms with Crippen LogP contribution < -0.4 is 0 Å². The van der Waals surface area contributed by atoms with Crippen LogP contribution in [-0.4, -0.2) is 96.7 Å². The highest BCUT2D eigenvalue weighted by atomic mass is 31.2. The van der Waals surface area contributed by atoms with Gasteiger partial charge in [0.15, 0.2) is 12.2 Å². The van der Waals surface area contributed by atoms with Crippen LogP contribution >= 0.6 is 15.6 Å². The molecule has 0 heterocycles. The van der Waals surface area contributed by atoms with E-state index in [1.807, 2.05) is 0 Å². The maximum atomic E-state index is 13.2. The fraction of sp³-hybridized carbons (Fsp3) is 0.953. The molecule has 0 aliphatic carbocycles. The van der Waals surface area contributed by atoms with E-state index in [1.54, 1.807) is 0 Å². The first-order valence-electron chi connectivity index (χ1n) is 44.4. The first-order valence-corrected chi connectivity index (χ1v) is 47.4. The van der Waals surface area contributed by atoms with Crippen LogP contribution in [0, 0.1) is 17.8 Å². The molecule has 0 rings (SSSR count). The highest BCUT2D eigenvalue weighted by Gasteiger charge is 2.30. The summed E-state index contributed by atoms with van der Waals surface area (Å²) in [5.41, 5.74) is 0. The zero-order chi connectivity index (χ0) is 77.2. The van der Waals surface area contributed by atoms with Crippen LogP contribution in [0.2, 0.25) is 0 Å². The van der Waals surface area contributed by atoms with E-state index >= 15 is 0 Å². The molecule has 0 amide bonds. The standard InChI is InChI=1S/C86H168O17P2/c1-8-10-11-12-13-14-15-16-17-18-19-20-21-22-25-29-34-39-48-55-62-69-85(90)102-81(73-96-83(88)67-60-53-46-38-33-28-26-23-24-27-31-36-43-50-57-64-77(3)4)75-100-104(92,93)98-71-80(87)72-99-105(94,95)101-76-82(74-97-84(89)68-61-54-47-42-41-45-52-59-66-79(7)9-2)103-86(91)70-63-56-49-40-35-30-32-37-44-51-58-65-78(5)6/h77-82,87H,8-76H2,1-7H3,(H,92,93)(H,94,95)/t79?,80-,81-,82-/m1/s1. The number of carbonyl (C=O) groups is 4. The predicted octanol–water partition coefficient (Wildman–Crippen LogP) is 26.1. The van der Waals surface area contributed by atoms with Crippen molar-refractivity contribution < 1.29 is 80.2 Å². The van der Waals surface area contributed by atoms with Crippen LogP contribution in [0.4, 0.5) is 0 Å². The van der Waals surface area contributed by atoms with Crippen molar-refractivity contribution in [3.63, 3.8) is 0 Å². The van der Waals surface area contributed by atoms with E-state index in [1.165, 1.54) is 263 Å². The number of aliphatic hydroxyl groups excluding tert-OH is 1. The van der Waals surface area contributed by atoms with Gasteiger partial charge in [-0.05, 0) is 43.4 Å². The first kappa shape index (κ1) is 103. The predicted molar refractivity (Wildman–Crippen MR) is 432 cm³/mol. The van der Waals surface area contributed by atoms with Gasteiger partial charge in [0.25, 0.3) is 0 Å². The van der Waals surface area contributed by atoms with E-state index in [9.17, 15) is 43.2 Å². The molecule has 0 fully saturated rings. The van der Waals surface area contributed by atoms with Crippen molar-refractivity contribution in [2.24, 2.45) is 17.8 Å². The molecule has 0 saturated heterocycles. The molecule has 0 aromatic heterocycles. The Bertz CT molecular complexity index is 2030. The molecule has 19 heteroatoms. The Morgan fingerprint density at radius 1 is 0.276 bits per heavy atom. The highest BCUT2D eigenvalue weighted by Crippen LogP contribution is 2.45. The lowest BCUT2D eigenvalue weighted by molar-refractivity contribution is -0.161. The van der Waals surface area contributed by atoms with Gasteiger partial charge in [0.2, 0.25) is 0 Å². The summed E-state index contributed by atoms with van der Waals surface area (Å²) < 4.78 is 68.9. The third kappa shape index (κ3) is 78.5. The molecule has 0 aromatic carbocycles. The van der Waals surface area contributed by atoms with E-state index in [0.29, 0.717) is 25.7 Å². The SMILES string of the molecule is CCCCCCCCCCCCCCCCCCCCCCCC(=O)O[C@H](COC(=O)CCCCCCCCCCCCCCCCCC(C)C)COP(=O)(O)OC[C@@H](O)COP(=O)(O)OC[C@@H](COC(=O)CCCCCCCCCCC(C)CC)OC(=O)CCCCCCCCCCCCCC(C)C. The Kier molecular flexibility index (Phi) is 74.7. The van der Waals surface area contributed by atoms with Crippen LogP contribution in [-0.2, 0) is 65.4 Å². The number of esters is 4. The number of hydrogen-bond acceptors (Lipinski definition) is 15. The minimum absolute atomic E-state index is 0.106. The van der Waals surface area contributed by atoms with Crippen molar-refractivity contribution in [3.05, 3.63) is 0 Å². The molecular formula is C86H168O17P2. The summed E-state index contributed by atoms with van der Waals surface area (Å²) in [5, 5.41) is 10.7. The lowest BCUT2D eigenvalue weighted by Gasteiger charge is -2.21. The third-order valence-electron chi connectivity index (χ3n) is 20.5. The lowest BCUT2D eigenvalue weighted by Crippen LogP contribution is -2.30. The summed E-state index contributed by atoms with van der Waals surface area (Å²) in [4.78, 5) is 73.2. The zero-order valence-corrected chi connectivity index (χ0v) is 71.0. The van der Waals surface area contributed by atoms with E-state index < -0.39 is 97.5 Å². The Labute approximate surface area is 645 Å². The van der Waals surface area contributed by atoms with Crippen molar-refractivity contribution in [2.75, 3.05) is 39.6 Å². The second kappa shape index (κ2) is 76.1. The molecule has 17 nitrogen and oxygen atoms in total. The zero-order valence-electron chi connectivity index (χ0n) is 69.2. The fourth-order valence-electron chi connectivity index (χ4n) is 13.3. The van der Waals surface area contributed by atoms with Gasteiger partial charge in [-0.25, -0.2) is 9.13 Å². The molecule has 6 atom stereocenters. The van der Waals surface area contributed by atoms with Crippen LogP contribution in [0.25, 0.3) is 0 Å². The molecule has 0 radical (unpaired) electrons. The second-order valence-electron chi connectivity index (χ2n) is 32.1. The minimum atomic E-state index is -4.97. The largest absolute Gasteiger partial charge is 0.472 e. The number of phosphoric acid groups is 2. The van der Waals surface area contributed by atoms with Crippen molar-refractivity contribution in [1.82, 2.24) is 0 Å². The van der Waals surface area contributed by atoms with Crippen LogP contribution in [0.5, 0.6) is 0 Å². The summed E-state index contributed by atoms with van der Waals surface area (Å²) in [6.45, 7) is 12.0. The van der Waals surface area contributed by atoms with Crippen LogP contribution in [0.1, 0.15) is 453 Å². The maximum absolute atomic E-state index is 13.2. The van der Waals surface area contributed by atoms with Gasteiger partial charge >= 0.3 is 39.5 Å². The van der Waals surface area contributed by atoms with Crippen molar-refractivity contribution in [2.45, 2.75) is 471 Å². The number of aliphatic hydroxyl groups is 1. The van der Waals surface area contributed by atoms with Crippen molar-refractivity contribution in [1.29, 1.82) is 0 Å². The fourth-order valence-corrected chi connectivity index (χ4v) is 14.9. The summed E-state index contributed by atoms with van der Waals surface area (Å²) in [7, 11) is -9.93. The summed E-state index contributed by atoms with van der Waals surface area (Å²) in [6.07, 6.45) is 66.6. The average molecular weight is 1540 g/mol. The van der Waals surface area contributed by atoms with Gasteiger partial charge in [-0.1, -0.05) is 402 Å². The number of hydrogen-bond donors (Lipinski definition) is 3. The number of rotatable bonds is 84. The van der Waals surface area contributed by atoms with E-state index in [-0.39, 0.29) is 25.7 Å². The first-order chi connectivity index (χ1) is 50.8. The van der Waals surface area contributed by atoms with Gasteiger partial charge in [0, 0.05) is 25.7 Å². The smallest absolute Gasteiger partial charge is 0.462 e. The van der Waals surface area contributed by atoms with E-state index in [2.05, 4.69) is 48.5 Å². The molecule has 624 valence electrons. The monoisotopic (exact) mass is 1540 g/mol. The van der Waals surface area contributed by atoms with Gasteiger partial charge < -0.3 is 33.8 Å². The quantitative estimate of drug-likeness (QED) is 0.0222. The summed E-state index contributed by atoms with van der Waals surface area (Å²) in [5.74, 6) is 0.244. The highest BCUT2D eigenvalue weighted by molar-refractivity contribution is 7.47. The summed E-state index contributed by atoms with van der Waals surface area (Å²) in [6, 6.07) is 0. The molecule has 3 N–H and O–H groups in total. The molecule has 0 aliphatic rings. The van der Waals surface area contributed by atoms with Crippen molar-refractivity contribution >= 4 is 39.5 Å². The molecular weight excluding hydrogens is 1370 g/mol. The molecule has 0 spiro atoms. The Morgan fingerprint density at radius 2 is 0.486 bits per heavy atom. The molecule has 0 saturated carbocycles. The Morgan fingerprint density at radius 3 is 0.724 bits per heavy atom. The molecule has 0 aromatic rings. The average Bonchev–Trinajstić information content (AvgIpc) is 0.918. The Hall–Kier alpha value is -1.94. The van der Waals surface area contributed by atoms with Gasteiger partial charge in [-0.15, -0.1) is 0 Å². The maximum Gasteiger partial charge on any atom is 0.472 e. The second-order valence-corrected chi connectivity index (χ2v) is 35.0. The molecule has 0 aliphatic heterocycles. The number of ether oxygens (including phenoxy) is 4. The summed E-state index contributed by atoms with van der Waals surface area (Å²) >= 11 is 0. The minimum Gasteiger partial charge on any atom is -0.462 e. The molecule has 105 heavy (non-hydrogen) atoms. The molecule has 0 bridgehead atoms. The van der Waals surface area contributed by atoms with Gasteiger partial charge in [0.05, 0.1) is 26.4 Å². The van der Waals surface area contributed by atoms with Gasteiger partial charge in [-0.2, -0.15) is 0 Å². The van der Waals surface area contributed by atoms with Crippen LogP contribution in [0.15, 0.2) is 0 Å². The van der Waals surface area contributed by atoms with E-state index in [0.717, 1.165) is 108 Å². The normalized spacial score (nSPS) is 14.1. The number of phosphoric ester groups is 2.